The Hall–Kier alpha value is -1.64. The molecule has 0 atom stereocenters. The van der Waals surface area contributed by atoms with Crippen molar-refractivity contribution in [2.75, 3.05) is 12.8 Å². The normalized spacial score (nSPS) is 11.4. The highest BCUT2D eigenvalue weighted by Gasteiger charge is 2.18. The summed E-state index contributed by atoms with van der Waals surface area (Å²) in [5.41, 5.74) is 5.86. The van der Waals surface area contributed by atoms with Gasteiger partial charge in [0.25, 0.3) is 0 Å². The second kappa shape index (κ2) is 5.55. The van der Waals surface area contributed by atoms with Crippen molar-refractivity contribution in [1.82, 2.24) is 9.71 Å². The minimum atomic E-state index is -3.66. The molecule has 0 aliphatic carbocycles. The van der Waals surface area contributed by atoms with E-state index < -0.39 is 10.0 Å². The molecule has 0 fully saturated rings. The van der Waals surface area contributed by atoms with Gasteiger partial charge in [-0.05, 0) is 12.1 Å². The summed E-state index contributed by atoms with van der Waals surface area (Å²) in [7, 11) is -2.17. The number of aromatic nitrogens is 1. The van der Waals surface area contributed by atoms with Gasteiger partial charge in [0.05, 0.1) is 19.3 Å². The van der Waals surface area contributed by atoms with E-state index in [-0.39, 0.29) is 17.1 Å². The monoisotopic (exact) mass is 299 g/mol. The summed E-state index contributed by atoms with van der Waals surface area (Å²) >= 11 is 1.38. The van der Waals surface area contributed by atoms with E-state index in [1.54, 1.807) is 17.6 Å². The van der Waals surface area contributed by atoms with Crippen molar-refractivity contribution in [3.05, 3.63) is 34.8 Å². The minimum absolute atomic E-state index is 0.0323. The molecule has 0 saturated heterocycles. The van der Waals surface area contributed by atoms with Gasteiger partial charge in [-0.3, -0.25) is 0 Å². The number of anilines is 1. The first-order valence-corrected chi connectivity index (χ1v) is 7.71. The number of thiazole rings is 1. The Morgan fingerprint density at radius 2 is 2.26 bits per heavy atom. The van der Waals surface area contributed by atoms with Crippen molar-refractivity contribution < 1.29 is 13.2 Å². The predicted molar refractivity (Wildman–Crippen MR) is 73.5 cm³/mol. The number of nitrogens with one attached hydrogen (secondary N) is 1. The first-order chi connectivity index (χ1) is 9.03. The van der Waals surface area contributed by atoms with Gasteiger partial charge in [0.1, 0.15) is 15.7 Å². The van der Waals surface area contributed by atoms with Crippen LogP contribution in [0.2, 0.25) is 0 Å². The maximum absolute atomic E-state index is 12.1. The van der Waals surface area contributed by atoms with E-state index in [4.69, 9.17) is 10.5 Å². The van der Waals surface area contributed by atoms with Gasteiger partial charge in [0, 0.05) is 17.6 Å². The van der Waals surface area contributed by atoms with Crippen LogP contribution >= 0.6 is 11.3 Å². The maximum Gasteiger partial charge on any atom is 0.243 e. The molecule has 0 aliphatic rings. The zero-order chi connectivity index (χ0) is 13.9. The van der Waals surface area contributed by atoms with E-state index >= 15 is 0 Å². The molecule has 0 spiro atoms. The number of methoxy groups -OCH3 is 1. The van der Waals surface area contributed by atoms with Crippen LogP contribution < -0.4 is 15.2 Å². The Kier molecular flexibility index (Phi) is 4.03. The fourth-order valence-corrected chi connectivity index (χ4v) is 3.22. The smallest absolute Gasteiger partial charge is 0.243 e. The predicted octanol–water partition coefficient (Wildman–Crippen LogP) is 1.21. The Labute approximate surface area is 115 Å². The second-order valence-electron chi connectivity index (χ2n) is 3.65. The molecule has 1 aromatic carbocycles. The van der Waals surface area contributed by atoms with E-state index in [1.807, 2.05) is 0 Å². The van der Waals surface area contributed by atoms with Gasteiger partial charge < -0.3 is 10.5 Å². The lowest BCUT2D eigenvalue weighted by Crippen LogP contribution is -2.24. The van der Waals surface area contributed by atoms with Gasteiger partial charge in [0.2, 0.25) is 10.0 Å². The lowest BCUT2D eigenvalue weighted by atomic mass is 10.3. The third-order valence-corrected chi connectivity index (χ3v) is 4.66. The van der Waals surface area contributed by atoms with Crippen LogP contribution in [0.5, 0.6) is 5.75 Å². The number of benzene rings is 1. The molecule has 19 heavy (non-hydrogen) atoms. The summed E-state index contributed by atoms with van der Waals surface area (Å²) < 4.78 is 31.6. The standard InChI is InChI=1S/C11H13N3O3S2/c1-17-8-2-3-10(9(12)6-8)19(15,16)14-7-11-13-4-5-18-11/h2-6,14H,7,12H2,1H3. The van der Waals surface area contributed by atoms with Crippen LogP contribution in [0.3, 0.4) is 0 Å². The summed E-state index contributed by atoms with van der Waals surface area (Å²) in [5, 5.41) is 2.47. The van der Waals surface area contributed by atoms with Crippen molar-refractivity contribution in [1.29, 1.82) is 0 Å². The zero-order valence-corrected chi connectivity index (χ0v) is 11.8. The van der Waals surface area contributed by atoms with E-state index in [9.17, 15) is 8.42 Å². The van der Waals surface area contributed by atoms with Crippen LogP contribution in [0.1, 0.15) is 5.01 Å². The molecule has 0 saturated carbocycles. The number of hydrogen-bond donors (Lipinski definition) is 2. The minimum Gasteiger partial charge on any atom is -0.497 e. The molecule has 0 unspecified atom stereocenters. The van der Waals surface area contributed by atoms with E-state index in [0.717, 1.165) is 0 Å². The van der Waals surface area contributed by atoms with Gasteiger partial charge in [-0.15, -0.1) is 11.3 Å². The molecular formula is C11H13N3O3S2. The van der Waals surface area contributed by atoms with Crippen LogP contribution in [0.4, 0.5) is 5.69 Å². The van der Waals surface area contributed by atoms with Crippen molar-refractivity contribution in [2.24, 2.45) is 0 Å². The van der Waals surface area contributed by atoms with Gasteiger partial charge >= 0.3 is 0 Å². The van der Waals surface area contributed by atoms with Crippen LogP contribution in [-0.2, 0) is 16.6 Å². The fourth-order valence-electron chi connectivity index (χ4n) is 1.47. The number of rotatable bonds is 5. The topological polar surface area (TPSA) is 94.3 Å². The first-order valence-electron chi connectivity index (χ1n) is 5.34. The summed E-state index contributed by atoms with van der Waals surface area (Å²) in [4.78, 5) is 4.04. The molecule has 0 aliphatic heterocycles. The summed E-state index contributed by atoms with van der Waals surface area (Å²) in [6, 6.07) is 4.44. The maximum atomic E-state index is 12.1. The van der Waals surface area contributed by atoms with Crippen molar-refractivity contribution >= 4 is 27.0 Å². The Morgan fingerprint density at radius 3 is 2.84 bits per heavy atom. The van der Waals surface area contributed by atoms with Gasteiger partial charge in [-0.1, -0.05) is 0 Å². The third kappa shape index (κ3) is 3.22. The Balaban J connectivity index is 2.19. The number of ether oxygens (including phenoxy) is 1. The molecule has 102 valence electrons. The number of nitrogens with zero attached hydrogens (tertiary/aromatic N) is 1. The summed E-state index contributed by atoms with van der Waals surface area (Å²) in [6.07, 6.45) is 1.62. The number of hydrogen-bond acceptors (Lipinski definition) is 6. The van der Waals surface area contributed by atoms with Crippen LogP contribution in [0.25, 0.3) is 0 Å². The van der Waals surface area contributed by atoms with E-state index in [2.05, 4.69) is 9.71 Å². The molecule has 2 rings (SSSR count). The van der Waals surface area contributed by atoms with Gasteiger partial charge in [-0.2, -0.15) is 0 Å². The van der Waals surface area contributed by atoms with Crippen molar-refractivity contribution in [3.63, 3.8) is 0 Å². The Bertz CT molecular complexity index is 654. The number of nitrogens with two attached hydrogens (primary N) is 1. The van der Waals surface area contributed by atoms with Crippen LogP contribution in [-0.4, -0.2) is 20.5 Å². The SMILES string of the molecule is COc1ccc(S(=O)(=O)NCc2nccs2)c(N)c1. The molecule has 3 N–H and O–H groups in total. The van der Waals surface area contributed by atoms with Gasteiger partial charge in [0.15, 0.2) is 0 Å². The van der Waals surface area contributed by atoms with Crippen LogP contribution in [0, 0.1) is 0 Å². The zero-order valence-electron chi connectivity index (χ0n) is 10.2. The molecule has 0 radical (unpaired) electrons. The molecule has 2 aromatic rings. The van der Waals surface area contributed by atoms with Crippen molar-refractivity contribution in [2.45, 2.75) is 11.4 Å². The lowest BCUT2D eigenvalue weighted by molar-refractivity contribution is 0.414. The lowest BCUT2D eigenvalue weighted by Gasteiger charge is -2.09. The molecule has 8 heteroatoms. The van der Waals surface area contributed by atoms with Crippen LogP contribution in [0.15, 0.2) is 34.7 Å². The third-order valence-electron chi connectivity index (χ3n) is 2.40. The fraction of sp³-hybridized carbons (Fsp3) is 0.182. The largest absolute Gasteiger partial charge is 0.497 e. The highest BCUT2D eigenvalue weighted by atomic mass is 32.2. The average molecular weight is 299 g/mol. The highest BCUT2D eigenvalue weighted by molar-refractivity contribution is 7.89. The molecule has 1 aromatic heterocycles. The summed E-state index contributed by atoms with van der Waals surface area (Å²) in [5.74, 6) is 0.511. The molecular weight excluding hydrogens is 286 g/mol. The first kappa shape index (κ1) is 13.8. The molecule has 0 amide bonds. The molecule has 6 nitrogen and oxygen atoms in total. The second-order valence-corrected chi connectivity index (χ2v) is 6.37. The van der Waals surface area contributed by atoms with E-state index in [1.165, 1.54) is 30.6 Å². The molecule has 0 bridgehead atoms. The quantitative estimate of drug-likeness (QED) is 0.809. The van der Waals surface area contributed by atoms with E-state index in [0.29, 0.717) is 10.8 Å². The number of nitrogen functional groups attached to an aromatic ring is 1. The Morgan fingerprint density at radius 1 is 1.47 bits per heavy atom. The summed E-state index contributed by atoms with van der Waals surface area (Å²) in [6.45, 7) is 0.144. The highest BCUT2D eigenvalue weighted by Crippen LogP contribution is 2.23. The number of sulfonamides is 1. The van der Waals surface area contributed by atoms with Crippen molar-refractivity contribution in [3.8, 4) is 5.75 Å². The molecule has 1 heterocycles. The van der Waals surface area contributed by atoms with Gasteiger partial charge in [-0.25, -0.2) is 18.1 Å². The average Bonchev–Trinajstić information content (AvgIpc) is 2.89.